The van der Waals surface area contributed by atoms with Crippen LogP contribution < -0.4 is 10.6 Å². The number of halogens is 6. The molecule has 0 fully saturated rings. The Bertz CT molecular complexity index is 1490. The van der Waals surface area contributed by atoms with Gasteiger partial charge in [-0.15, -0.1) is 22.7 Å². The number of methoxy groups -OCH3 is 1. The number of sulfonamides is 1. The minimum absolute atomic E-state index is 0.113. The summed E-state index contributed by atoms with van der Waals surface area (Å²) in [7, 11) is -3.59. The summed E-state index contributed by atoms with van der Waals surface area (Å²) in [6, 6.07) is 1.78. The van der Waals surface area contributed by atoms with E-state index in [1.54, 1.807) is 5.32 Å². The molecule has 2 amide bonds. The predicted octanol–water partition coefficient (Wildman–Crippen LogP) is 4.50. The van der Waals surface area contributed by atoms with E-state index in [1.807, 2.05) is 5.32 Å². The van der Waals surface area contributed by atoms with Crippen LogP contribution in [-0.2, 0) is 19.6 Å². The number of ether oxygens (including phenoxy) is 1. The minimum Gasteiger partial charge on any atom is -0.453 e. The summed E-state index contributed by atoms with van der Waals surface area (Å²) < 4.78 is 113. The number of rotatable bonds is 12. The highest BCUT2D eigenvalue weighted by Gasteiger charge is 2.43. The molecule has 3 aromatic rings. The zero-order valence-electron chi connectivity index (χ0n) is 21.5. The lowest BCUT2D eigenvalue weighted by atomic mass is 10.2. The Balaban J connectivity index is 1.96. The van der Waals surface area contributed by atoms with E-state index in [4.69, 9.17) is 0 Å². The quantitative estimate of drug-likeness (QED) is 0.243. The molecule has 2 atom stereocenters. The average Bonchev–Trinajstić information content (AvgIpc) is 3.58. The molecule has 42 heavy (non-hydrogen) atoms. The number of thiazole rings is 1. The standard InChI is InChI=1S/C23H24F6N4O6S3/c1-39-21(36)30-10-19(35)32-20(23(27,28)29)17-6-5-16(41-17)15(11-34)33(8-2-7-22(24,25)26)42(37,38)13-3-4-14-18(9-13)40-12-31-14/h3-6,9,12,15,20,34H,2,7-8,10-11H2,1H3,(H,30,36)(H,32,35). The molecule has 1 aromatic carbocycles. The number of thiophene rings is 1. The number of carbonyl (C=O) groups excluding carboxylic acids is 2. The van der Waals surface area contributed by atoms with Crippen LogP contribution in [0.4, 0.5) is 31.1 Å². The van der Waals surface area contributed by atoms with Gasteiger partial charge in [0.05, 0.1) is 40.4 Å². The van der Waals surface area contributed by atoms with E-state index in [9.17, 15) is 49.5 Å². The topological polar surface area (TPSA) is 138 Å². The van der Waals surface area contributed by atoms with E-state index in [0.717, 1.165) is 30.6 Å². The van der Waals surface area contributed by atoms with Crippen molar-refractivity contribution in [3.05, 3.63) is 45.6 Å². The third kappa shape index (κ3) is 8.52. The zero-order valence-corrected chi connectivity index (χ0v) is 24.0. The monoisotopic (exact) mass is 662 g/mol. The predicted molar refractivity (Wildman–Crippen MR) is 140 cm³/mol. The number of nitrogens with one attached hydrogen (secondary N) is 2. The molecule has 0 saturated heterocycles. The van der Waals surface area contributed by atoms with Crippen molar-refractivity contribution in [3.63, 3.8) is 0 Å². The van der Waals surface area contributed by atoms with Gasteiger partial charge in [0.1, 0.15) is 6.54 Å². The first-order valence-electron chi connectivity index (χ1n) is 11.9. The molecule has 0 bridgehead atoms. The number of hydrogen-bond acceptors (Lipinski definition) is 9. The van der Waals surface area contributed by atoms with E-state index >= 15 is 0 Å². The van der Waals surface area contributed by atoms with Gasteiger partial charge in [-0.25, -0.2) is 18.2 Å². The fourth-order valence-corrected chi connectivity index (χ4v) is 7.50. The van der Waals surface area contributed by atoms with Gasteiger partial charge in [0.2, 0.25) is 15.9 Å². The van der Waals surface area contributed by atoms with E-state index in [1.165, 1.54) is 23.7 Å². The van der Waals surface area contributed by atoms with Crippen LogP contribution in [0.1, 0.15) is 34.7 Å². The van der Waals surface area contributed by atoms with Gasteiger partial charge in [0, 0.05) is 22.7 Å². The van der Waals surface area contributed by atoms with E-state index < -0.39 is 83.9 Å². The van der Waals surface area contributed by atoms with E-state index in [-0.39, 0.29) is 9.77 Å². The third-order valence-electron chi connectivity index (χ3n) is 5.74. The number of fused-ring (bicyclic) bond motifs is 1. The summed E-state index contributed by atoms with van der Waals surface area (Å²) in [5.41, 5.74) is 1.94. The normalized spacial score (nSPS) is 14.1. The number of aliphatic hydroxyl groups excluding tert-OH is 1. The molecule has 232 valence electrons. The fraction of sp³-hybridized carbons (Fsp3) is 0.435. The largest absolute Gasteiger partial charge is 0.453 e. The van der Waals surface area contributed by atoms with Crippen molar-refractivity contribution in [1.82, 2.24) is 19.9 Å². The Morgan fingerprint density at radius 1 is 1.12 bits per heavy atom. The molecule has 0 spiro atoms. The summed E-state index contributed by atoms with van der Waals surface area (Å²) in [6.07, 6.45) is -12.7. The summed E-state index contributed by atoms with van der Waals surface area (Å²) in [6.45, 7) is -2.52. The Kier molecular flexibility index (Phi) is 10.8. The van der Waals surface area contributed by atoms with Crippen molar-refractivity contribution in [3.8, 4) is 0 Å². The van der Waals surface area contributed by atoms with Gasteiger partial charge in [0.25, 0.3) is 0 Å². The molecule has 3 N–H and O–H groups in total. The lowest BCUT2D eigenvalue weighted by Gasteiger charge is -2.29. The van der Waals surface area contributed by atoms with Gasteiger partial charge < -0.3 is 20.5 Å². The van der Waals surface area contributed by atoms with Crippen LogP contribution in [0.15, 0.2) is 40.7 Å². The highest BCUT2D eigenvalue weighted by atomic mass is 32.2. The molecule has 0 aliphatic heterocycles. The molecule has 2 heterocycles. The third-order valence-corrected chi connectivity index (χ3v) is 9.69. The van der Waals surface area contributed by atoms with Crippen molar-refractivity contribution in [2.24, 2.45) is 0 Å². The molecule has 10 nitrogen and oxygen atoms in total. The van der Waals surface area contributed by atoms with Crippen LogP contribution in [0.25, 0.3) is 10.2 Å². The zero-order chi connectivity index (χ0) is 31.3. The Labute approximate surface area is 243 Å². The van der Waals surface area contributed by atoms with Crippen molar-refractivity contribution < 1.29 is 54.2 Å². The Morgan fingerprint density at radius 2 is 1.81 bits per heavy atom. The molecular weight excluding hydrogens is 638 g/mol. The van der Waals surface area contributed by atoms with Crippen LogP contribution in [0.3, 0.4) is 0 Å². The summed E-state index contributed by atoms with van der Waals surface area (Å²) in [5.74, 6) is -1.22. The van der Waals surface area contributed by atoms with Gasteiger partial charge >= 0.3 is 18.4 Å². The fourth-order valence-electron chi connectivity index (χ4n) is 3.79. The van der Waals surface area contributed by atoms with Gasteiger partial charge in [-0.3, -0.25) is 4.79 Å². The summed E-state index contributed by atoms with van der Waals surface area (Å²) in [5, 5.41) is 13.8. The van der Waals surface area contributed by atoms with Gasteiger partial charge in [-0.05, 0) is 36.8 Å². The number of alkyl halides is 6. The molecule has 19 heteroatoms. The number of alkyl carbamates (subject to hydrolysis) is 1. The molecule has 0 aliphatic carbocycles. The Morgan fingerprint density at radius 3 is 2.43 bits per heavy atom. The number of aliphatic hydroxyl groups is 1. The van der Waals surface area contributed by atoms with Gasteiger partial charge in [-0.1, -0.05) is 0 Å². The second kappa shape index (κ2) is 13.5. The van der Waals surface area contributed by atoms with Crippen molar-refractivity contribution >= 4 is 54.9 Å². The van der Waals surface area contributed by atoms with Crippen LogP contribution in [0.5, 0.6) is 0 Å². The molecule has 2 unspecified atom stereocenters. The van der Waals surface area contributed by atoms with Crippen molar-refractivity contribution in [1.29, 1.82) is 0 Å². The molecule has 2 aromatic heterocycles. The van der Waals surface area contributed by atoms with E-state index in [2.05, 4.69) is 9.72 Å². The van der Waals surface area contributed by atoms with Gasteiger partial charge in [-0.2, -0.15) is 30.6 Å². The van der Waals surface area contributed by atoms with Crippen molar-refractivity contribution in [2.75, 3.05) is 26.8 Å². The molecule has 3 rings (SSSR count). The van der Waals surface area contributed by atoms with Crippen LogP contribution in [-0.4, -0.2) is 74.0 Å². The highest BCUT2D eigenvalue weighted by molar-refractivity contribution is 7.89. The first-order valence-corrected chi connectivity index (χ1v) is 15.0. The summed E-state index contributed by atoms with van der Waals surface area (Å²) >= 11 is 1.53. The van der Waals surface area contributed by atoms with Crippen molar-refractivity contribution in [2.45, 2.75) is 42.2 Å². The molecule has 0 saturated carbocycles. The second-order valence-electron chi connectivity index (χ2n) is 8.64. The second-order valence-corrected chi connectivity index (χ2v) is 12.6. The first kappa shape index (κ1) is 33.5. The lowest BCUT2D eigenvalue weighted by Crippen LogP contribution is -2.43. The smallest absolute Gasteiger partial charge is 0.413 e. The maximum atomic E-state index is 13.9. The number of carbonyl (C=O) groups is 2. The first-order chi connectivity index (χ1) is 19.6. The van der Waals surface area contributed by atoms with Crippen LogP contribution in [0.2, 0.25) is 0 Å². The maximum Gasteiger partial charge on any atom is 0.413 e. The van der Waals surface area contributed by atoms with Gasteiger partial charge in [0.15, 0.2) is 6.04 Å². The Hall–Kier alpha value is -3.00. The number of hydrogen-bond donors (Lipinski definition) is 3. The SMILES string of the molecule is COC(=O)NCC(=O)NC(c1ccc(C(CO)N(CCCC(F)(F)F)S(=O)(=O)c2ccc3ncsc3c2)s1)C(F)(F)F. The van der Waals surface area contributed by atoms with Crippen LogP contribution >= 0.6 is 22.7 Å². The number of benzene rings is 1. The molecular formula is C23H24F6N4O6S3. The number of amides is 2. The van der Waals surface area contributed by atoms with Crippen LogP contribution in [0, 0.1) is 0 Å². The number of nitrogens with zero attached hydrogens (tertiary/aromatic N) is 2. The highest BCUT2D eigenvalue weighted by Crippen LogP contribution is 2.40. The molecule has 0 aliphatic rings. The minimum atomic E-state index is -5.03. The average molecular weight is 663 g/mol. The lowest BCUT2D eigenvalue weighted by molar-refractivity contribution is -0.162. The maximum absolute atomic E-state index is 13.9. The molecule has 0 radical (unpaired) electrons. The summed E-state index contributed by atoms with van der Waals surface area (Å²) in [4.78, 5) is 26.3. The van der Waals surface area contributed by atoms with E-state index in [0.29, 0.717) is 25.9 Å². The number of aromatic nitrogens is 1.